The van der Waals surface area contributed by atoms with Crippen molar-refractivity contribution in [2.45, 2.75) is 0 Å². The number of benzene rings is 1. The molecule has 0 N–H and O–H groups in total. The van der Waals surface area contributed by atoms with Crippen molar-refractivity contribution >= 4 is 29.2 Å². The smallest absolute Gasteiger partial charge is 0.282 e. The van der Waals surface area contributed by atoms with Crippen LogP contribution in [-0.2, 0) is 9.53 Å². The molecule has 0 aliphatic carbocycles. The quantitative estimate of drug-likeness (QED) is 0.468. The van der Waals surface area contributed by atoms with Crippen molar-refractivity contribution in [1.82, 2.24) is 4.90 Å². The van der Waals surface area contributed by atoms with E-state index in [1.165, 1.54) is 35.5 Å². The highest BCUT2D eigenvalue weighted by Crippen LogP contribution is 2.28. The third kappa shape index (κ3) is 3.32. The van der Waals surface area contributed by atoms with Gasteiger partial charge in [0.1, 0.15) is 5.76 Å². The van der Waals surface area contributed by atoms with Crippen molar-refractivity contribution in [2.75, 3.05) is 31.3 Å². The van der Waals surface area contributed by atoms with Crippen LogP contribution in [0.15, 0.2) is 57.8 Å². The van der Waals surface area contributed by atoms with Crippen molar-refractivity contribution in [3.05, 3.63) is 64.1 Å². The van der Waals surface area contributed by atoms with Gasteiger partial charge in [0.25, 0.3) is 11.6 Å². The Balaban J connectivity index is 1.71. The van der Waals surface area contributed by atoms with Crippen LogP contribution < -0.4 is 5.01 Å². The van der Waals surface area contributed by atoms with Gasteiger partial charge in [0.15, 0.2) is 5.84 Å². The molecule has 0 radical (unpaired) electrons. The van der Waals surface area contributed by atoms with Crippen LogP contribution in [0.5, 0.6) is 0 Å². The number of morpholine rings is 1. The van der Waals surface area contributed by atoms with Gasteiger partial charge in [-0.1, -0.05) is 0 Å². The zero-order valence-electron chi connectivity index (χ0n) is 14.3. The first-order valence-corrected chi connectivity index (χ1v) is 8.39. The van der Waals surface area contributed by atoms with Crippen molar-refractivity contribution in [3.63, 3.8) is 0 Å². The molecule has 0 spiro atoms. The van der Waals surface area contributed by atoms with Gasteiger partial charge in [0, 0.05) is 25.2 Å². The first-order chi connectivity index (χ1) is 13.1. The molecule has 1 fully saturated rings. The average molecular weight is 368 g/mol. The van der Waals surface area contributed by atoms with Crippen LogP contribution in [0.25, 0.3) is 6.08 Å². The maximum Gasteiger partial charge on any atom is 0.282 e. The molecule has 27 heavy (non-hydrogen) atoms. The summed E-state index contributed by atoms with van der Waals surface area (Å²) in [4.78, 5) is 25.4. The zero-order valence-corrected chi connectivity index (χ0v) is 14.3. The molecule has 2 aliphatic heterocycles. The molecule has 4 rings (SSSR count). The first-order valence-electron chi connectivity index (χ1n) is 8.39. The van der Waals surface area contributed by atoms with E-state index in [4.69, 9.17) is 9.15 Å². The molecule has 3 heterocycles. The average Bonchev–Trinajstić information content (AvgIpc) is 3.32. The first kappa shape index (κ1) is 17.0. The van der Waals surface area contributed by atoms with E-state index in [-0.39, 0.29) is 11.6 Å². The summed E-state index contributed by atoms with van der Waals surface area (Å²) in [6.45, 7) is 2.35. The van der Waals surface area contributed by atoms with Crippen LogP contribution in [0, 0.1) is 10.1 Å². The maximum absolute atomic E-state index is 13.0. The minimum Gasteiger partial charge on any atom is -0.465 e. The number of nitro groups is 1. The number of furan rings is 1. The second-order valence-electron chi connectivity index (χ2n) is 5.99. The molecular weight excluding hydrogens is 352 g/mol. The molecule has 9 nitrogen and oxygen atoms in total. The number of ether oxygens (including phenoxy) is 1. The molecule has 1 saturated heterocycles. The van der Waals surface area contributed by atoms with E-state index in [1.54, 1.807) is 18.2 Å². The lowest BCUT2D eigenvalue weighted by atomic mass is 10.1. The Morgan fingerprint density at radius 1 is 1.15 bits per heavy atom. The summed E-state index contributed by atoms with van der Waals surface area (Å²) in [5.74, 6) is 0.768. The van der Waals surface area contributed by atoms with E-state index >= 15 is 0 Å². The number of nitrogens with zero attached hydrogens (tertiary/aromatic N) is 4. The van der Waals surface area contributed by atoms with Crippen molar-refractivity contribution in [3.8, 4) is 0 Å². The number of non-ortho nitro benzene ring substituents is 1. The highest BCUT2D eigenvalue weighted by molar-refractivity contribution is 6.32. The van der Waals surface area contributed by atoms with Gasteiger partial charge in [-0.25, -0.2) is 0 Å². The molecule has 1 aromatic carbocycles. The predicted molar refractivity (Wildman–Crippen MR) is 97.1 cm³/mol. The fourth-order valence-electron chi connectivity index (χ4n) is 2.94. The number of carbonyl (C=O) groups is 1. The minimum atomic E-state index is -0.486. The normalized spacial score (nSPS) is 18.9. The molecule has 138 valence electrons. The van der Waals surface area contributed by atoms with Crippen LogP contribution in [0.2, 0.25) is 0 Å². The number of anilines is 1. The highest BCUT2D eigenvalue weighted by Gasteiger charge is 2.35. The maximum atomic E-state index is 13.0. The predicted octanol–water partition coefficient (Wildman–Crippen LogP) is 2.26. The molecule has 9 heteroatoms. The van der Waals surface area contributed by atoms with Crippen LogP contribution >= 0.6 is 0 Å². The summed E-state index contributed by atoms with van der Waals surface area (Å²) < 4.78 is 10.7. The summed E-state index contributed by atoms with van der Waals surface area (Å²) >= 11 is 0. The van der Waals surface area contributed by atoms with E-state index in [9.17, 15) is 14.9 Å². The van der Waals surface area contributed by atoms with Crippen molar-refractivity contribution < 1.29 is 18.9 Å². The van der Waals surface area contributed by atoms with Gasteiger partial charge in [-0.3, -0.25) is 14.9 Å². The van der Waals surface area contributed by atoms with Gasteiger partial charge < -0.3 is 14.1 Å². The summed E-state index contributed by atoms with van der Waals surface area (Å²) in [6.07, 6.45) is 3.19. The Morgan fingerprint density at radius 3 is 2.52 bits per heavy atom. The van der Waals surface area contributed by atoms with Crippen LogP contribution in [0.3, 0.4) is 0 Å². The lowest BCUT2D eigenvalue weighted by molar-refractivity contribution is -0.384. The van der Waals surface area contributed by atoms with Gasteiger partial charge in [-0.15, -0.1) is 5.10 Å². The van der Waals surface area contributed by atoms with E-state index in [0.717, 1.165) is 0 Å². The monoisotopic (exact) mass is 368 g/mol. The number of rotatable bonds is 3. The van der Waals surface area contributed by atoms with E-state index in [2.05, 4.69) is 5.10 Å². The Hall–Kier alpha value is -3.46. The van der Waals surface area contributed by atoms with Gasteiger partial charge in [0.05, 0.1) is 35.7 Å². The SMILES string of the molecule is O=C1C(=Cc2ccco2)C(N2CCOCC2)=NN1c1ccc([N+](=O)[O-])cc1. The molecule has 0 unspecified atom stereocenters. The van der Waals surface area contributed by atoms with Crippen LogP contribution in [-0.4, -0.2) is 47.9 Å². The second-order valence-corrected chi connectivity index (χ2v) is 5.99. The number of amidine groups is 1. The zero-order chi connectivity index (χ0) is 18.8. The molecule has 0 saturated carbocycles. The Labute approximate surface area is 154 Å². The molecule has 2 aromatic rings. The summed E-state index contributed by atoms with van der Waals surface area (Å²) in [6, 6.07) is 9.21. The number of hydrazone groups is 1. The molecule has 1 aromatic heterocycles. The molecule has 0 atom stereocenters. The Morgan fingerprint density at radius 2 is 1.89 bits per heavy atom. The van der Waals surface area contributed by atoms with Crippen molar-refractivity contribution in [1.29, 1.82) is 0 Å². The highest BCUT2D eigenvalue weighted by atomic mass is 16.6. The van der Waals surface area contributed by atoms with Gasteiger partial charge in [0.2, 0.25) is 0 Å². The number of nitro benzene ring substituents is 1. The van der Waals surface area contributed by atoms with E-state index in [1.807, 2.05) is 4.90 Å². The molecular formula is C18H16N4O5. The Kier molecular flexibility index (Phi) is 4.43. The summed E-state index contributed by atoms with van der Waals surface area (Å²) in [5.41, 5.74) is 0.818. The fourth-order valence-corrected chi connectivity index (χ4v) is 2.94. The van der Waals surface area contributed by atoms with Crippen molar-refractivity contribution in [2.24, 2.45) is 5.10 Å². The standard InChI is InChI=1S/C18H16N4O5/c23-18-16(12-15-2-1-9-27-15)17(20-7-10-26-11-8-20)19-21(18)13-3-5-14(6-4-13)22(24)25/h1-6,9,12H,7-8,10-11H2. The van der Waals surface area contributed by atoms with Crippen LogP contribution in [0.4, 0.5) is 11.4 Å². The largest absolute Gasteiger partial charge is 0.465 e. The third-order valence-electron chi connectivity index (χ3n) is 4.30. The molecule has 0 bridgehead atoms. The summed E-state index contributed by atoms with van der Waals surface area (Å²) in [7, 11) is 0. The number of amides is 1. The third-order valence-corrected chi connectivity index (χ3v) is 4.30. The Bertz CT molecular complexity index is 912. The lowest BCUT2D eigenvalue weighted by Gasteiger charge is -2.28. The van der Waals surface area contributed by atoms with Gasteiger partial charge >= 0.3 is 0 Å². The lowest BCUT2D eigenvalue weighted by Crippen LogP contribution is -2.41. The molecule has 2 aliphatic rings. The second kappa shape index (κ2) is 7.04. The number of hydrogen-bond acceptors (Lipinski definition) is 7. The van der Waals surface area contributed by atoms with Gasteiger partial charge in [-0.2, -0.15) is 5.01 Å². The van der Waals surface area contributed by atoms with Crippen LogP contribution in [0.1, 0.15) is 5.76 Å². The topological polar surface area (TPSA) is 101 Å². The van der Waals surface area contributed by atoms with E-state index in [0.29, 0.717) is 49.2 Å². The minimum absolute atomic E-state index is 0.0471. The number of carbonyl (C=O) groups excluding carboxylic acids is 1. The number of hydrogen-bond donors (Lipinski definition) is 0. The molecule has 1 amide bonds. The fraction of sp³-hybridized carbons (Fsp3) is 0.222. The summed E-state index contributed by atoms with van der Waals surface area (Å²) in [5, 5.41) is 16.6. The van der Waals surface area contributed by atoms with Gasteiger partial charge in [-0.05, 0) is 30.3 Å². The van der Waals surface area contributed by atoms with E-state index < -0.39 is 4.92 Å².